The molecule has 1 nitrogen and oxygen atoms in total. The highest BCUT2D eigenvalue weighted by Gasteiger charge is 1.95. The molecule has 0 spiro atoms. The quantitative estimate of drug-likeness (QED) is 0.774. The second kappa shape index (κ2) is 5.89. The molecule has 2 aromatic rings. The molecule has 0 aliphatic heterocycles. The van der Waals surface area contributed by atoms with Gasteiger partial charge in [0.25, 0.3) is 0 Å². The molecule has 0 bridgehead atoms. The number of hydrogen-bond acceptors (Lipinski definition) is 1. The van der Waals surface area contributed by atoms with Crippen molar-refractivity contribution in [2.45, 2.75) is 6.42 Å². The molecule has 0 saturated carbocycles. The molecule has 0 amide bonds. The number of hydrogen-bond donors (Lipinski definition) is 1. The van der Waals surface area contributed by atoms with Gasteiger partial charge in [0.15, 0.2) is 0 Å². The average molecular weight is 222 g/mol. The van der Waals surface area contributed by atoms with Crippen LogP contribution in [0.2, 0.25) is 0 Å². The van der Waals surface area contributed by atoms with Gasteiger partial charge in [0.2, 0.25) is 0 Å². The first-order chi connectivity index (χ1) is 8.38. The van der Waals surface area contributed by atoms with Crippen LogP contribution in [0.25, 0.3) is 0 Å². The van der Waals surface area contributed by atoms with Gasteiger partial charge in [-0.2, -0.15) is 0 Å². The van der Waals surface area contributed by atoms with Crippen molar-refractivity contribution in [3.05, 3.63) is 71.3 Å². The first kappa shape index (κ1) is 11.4. The Balaban J connectivity index is 2.08. The minimum atomic E-state index is -0.0915. The molecule has 0 radical (unpaired) electrons. The van der Waals surface area contributed by atoms with Gasteiger partial charge < -0.3 is 5.11 Å². The summed E-state index contributed by atoms with van der Waals surface area (Å²) in [7, 11) is 0. The molecular formula is C16H14O. The van der Waals surface area contributed by atoms with Crippen LogP contribution in [0, 0.1) is 11.8 Å². The molecule has 0 unspecified atom stereocenters. The summed E-state index contributed by atoms with van der Waals surface area (Å²) in [6.45, 7) is -0.0915. The summed E-state index contributed by atoms with van der Waals surface area (Å²) < 4.78 is 0. The summed E-state index contributed by atoms with van der Waals surface area (Å²) in [5, 5.41) is 8.60. The summed E-state index contributed by atoms with van der Waals surface area (Å²) in [4.78, 5) is 0. The van der Waals surface area contributed by atoms with Crippen molar-refractivity contribution >= 4 is 0 Å². The van der Waals surface area contributed by atoms with E-state index in [9.17, 15) is 0 Å². The molecule has 0 atom stereocenters. The molecule has 0 aliphatic rings. The topological polar surface area (TPSA) is 20.2 Å². The average Bonchev–Trinajstić information content (AvgIpc) is 2.39. The van der Waals surface area contributed by atoms with Crippen LogP contribution >= 0.6 is 0 Å². The van der Waals surface area contributed by atoms with Crippen molar-refractivity contribution in [2.24, 2.45) is 0 Å². The second-order valence-electron chi connectivity index (χ2n) is 3.82. The van der Waals surface area contributed by atoms with E-state index in [1.54, 1.807) is 0 Å². The first-order valence-corrected chi connectivity index (χ1v) is 5.61. The van der Waals surface area contributed by atoms with E-state index in [1.807, 2.05) is 18.2 Å². The van der Waals surface area contributed by atoms with Gasteiger partial charge >= 0.3 is 0 Å². The molecule has 2 rings (SSSR count). The minimum absolute atomic E-state index is 0.0915. The second-order valence-corrected chi connectivity index (χ2v) is 3.82. The lowest BCUT2D eigenvalue weighted by Crippen LogP contribution is -1.87. The van der Waals surface area contributed by atoms with E-state index in [-0.39, 0.29) is 6.61 Å². The van der Waals surface area contributed by atoms with Gasteiger partial charge in [0.05, 0.1) is 0 Å². The molecule has 2 aromatic carbocycles. The molecule has 1 heteroatoms. The van der Waals surface area contributed by atoms with Crippen molar-refractivity contribution in [3.8, 4) is 11.8 Å². The number of aliphatic hydroxyl groups is 1. The Hall–Kier alpha value is -2.04. The highest BCUT2D eigenvalue weighted by atomic mass is 16.2. The summed E-state index contributed by atoms with van der Waals surface area (Å²) in [5.74, 6) is 5.52. The van der Waals surface area contributed by atoms with E-state index >= 15 is 0 Å². The standard InChI is InChI=1S/C16H14O/c17-12-4-7-14-8-10-16(11-9-14)13-15-5-2-1-3-6-15/h1-3,5-6,8-11,17H,12-13H2. The zero-order valence-electron chi connectivity index (χ0n) is 9.56. The highest BCUT2D eigenvalue weighted by molar-refractivity contribution is 5.37. The molecule has 1 N–H and O–H groups in total. The van der Waals surface area contributed by atoms with Crippen LogP contribution < -0.4 is 0 Å². The Morgan fingerprint density at radius 3 is 2.12 bits per heavy atom. The molecular weight excluding hydrogens is 208 g/mol. The van der Waals surface area contributed by atoms with Crippen LogP contribution in [0.5, 0.6) is 0 Å². The molecule has 0 aliphatic carbocycles. The van der Waals surface area contributed by atoms with E-state index in [0.29, 0.717) is 0 Å². The van der Waals surface area contributed by atoms with Crippen molar-refractivity contribution in [1.29, 1.82) is 0 Å². The number of benzene rings is 2. The predicted molar refractivity (Wildman–Crippen MR) is 69.7 cm³/mol. The van der Waals surface area contributed by atoms with Gasteiger partial charge in [-0.25, -0.2) is 0 Å². The SMILES string of the molecule is OCC#Cc1ccc(Cc2ccccc2)cc1. The fraction of sp³-hybridized carbons (Fsp3) is 0.125. The Kier molecular flexibility index (Phi) is 3.96. The fourth-order valence-corrected chi connectivity index (χ4v) is 1.68. The summed E-state index contributed by atoms with van der Waals surface area (Å²) >= 11 is 0. The minimum Gasteiger partial charge on any atom is -0.384 e. The highest BCUT2D eigenvalue weighted by Crippen LogP contribution is 2.10. The normalized spacial score (nSPS) is 9.47. The smallest absolute Gasteiger partial charge is 0.104 e. The Morgan fingerprint density at radius 2 is 1.47 bits per heavy atom. The van der Waals surface area contributed by atoms with Gasteiger partial charge in [-0.3, -0.25) is 0 Å². The summed E-state index contributed by atoms with van der Waals surface area (Å²) in [6, 6.07) is 18.5. The zero-order valence-corrected chi connectivity index (χ0v) is 9.56. The largest absolute Gasteiger partial charge is 0.384 e. The summed E-state index contributed by atoms with van der Waals surface area (Å²) in [5.41, 5.74) is 3.52. The van der Waals surface area contributed by atoms with E-state index < -0.39 is 0 Å². The molecule has 0 aromatic heterocycles. The maximum Gasteiger partial charge on any atom is 0.104 e. The maximum absolute atomic E-state index is 8.60. The monoisotopic (exact) mass is 222 g/mol. The van der Waals surface area contributed by atoms with Crippen molar-refractivity contribution in [3.63, 3.8) is 0 Å². The molecule has 0 fully saturated rings. The van der Waals surface area contributed by atoms with Crippen LogP contribution in [0.1, 0.15) is 16.7 Å². The molecule has 0 saturated heterocycles. The number of rotatable bonds is 2. The van der Waals surface area contributed by atoms with Gasteiger partial charge in [-0.15, -0.1) is 0 Å². The lowest BCUT2D eigenvalue weighted by Gasteiger charge is -2.01. The van der Waals surface area contributed by atoms with Crippen LogP contribution in [0.4, 0.5) is 0 Å². The Labute approximate surface area is 102 Å². The first-order valence-electron chi connectivity index (χ1n) is 5.61. The van der Waals surface area contributed by atoms with Gasteiger partial charge in [0, 0.05) is 5.56 Å². The van der Waals surface area contributed by atoms with E-state index in [2.05, 4.69) is 48.2 Å². The van der Waals surface area contributed by atoms with Crippen LogP contribution in [0.15, 0.2) is 54.6 Å². The van der Waals surface area contributed by atoms with Crippen molar-refractivity contribution in [1.82, 2.24) is 0 Å². The van der Waals surface area contributed by atoms with Gasteiger partial charge in [-0.1, -0.05) is 54.3 Å². The molecule has 84 valence electrons. The van der Waals surface area contributed by atoms with E-state index in [0.717, 1.165) is 12.0 Å². The molecule has 0 heterocycles. The predicted octanol–water partition coefficient (Wildman–Crippen LogP) is 2.62. The molecule has 17 heavy (non-hydrogen) atoms. The maximum atomic E-state index is 8.60. The van der Waals surface area contributed by atoms with Crippen molar-refractivity contribution in [2.75, 3.05) is 6.61 Å². The number of aliphatic hydroxyl groups excluding tert-OH is 1. The van der Waals surface area contributed by atoms with E-state index in [1.165, 1.54) is 11.1 Å². The van der Waals surface area contributed by atoms with Crippen molar-refractivity contribution < 1.29 is 5.11 Å². The van der Waals surface area contributed by atoms with E-state index in [4.69, 9.17) is 5.11 Å². The third kappa shape index (κ3) is 3.48. The fourth-order valence-electron chi connectivity index (χ4n) is 1.68. The Morgan fingerprint density at radius 1 is 0.824 bits per heavy atom. The van der Waals surface area contributed by atoms with Gasteiger partial charge in [-0.05, 0) is 29.7 Å². The lowest BCUT2D eigenvalue weighted by molar-refractivity contribution is 0.350. The third-order valence-electron chi connectivity index (χ3n) is 2.52. The Bertz CT molecular complexity index is 515. The zero-order chi connectivity index (χ0) is 11.9. The van der Waals surface area contributed by atoms with Crippen LogP contribution in [0.3, 0.4) is 0 Å². The lowest BCUT2D eigenvalue weighted by atomic mass is 10.0. The summed E-state index contributed by atoms with van der Waals surface area (Å²) in [6.07, 6.45) is 0.939. The van der Waals surface area contributed by atoms with Crippen LogP contribution in [-0.4, -0.2) is 11.7 Å². The van der Waals surface area contributed by atoms with Gasteiger partial charge in [0.1, 0.15) is 6.61 Å². The van der Waals surface area contributed by atoms with Crippen LogP contribution in [-0.2, 0) is 6.42 Å². The third-order valence-corrected chi connectivity index (χ3v) is 2.52.